The van der Waals surface area contributed by atoms with E-state index in [0.717, 1.165) is 0 Å². The normalized spacial score (nSPS) is 12.9. The second kappa shape index (κ2) is 9.03. The molecule has 25 heavy (non-hydrogen) atoms. The summed E-state index contributed by atoms with van der Waals surface area (Å²) in [7, 11) is 1.33. The Balaban J connectivity index is 1.87. The van der Waals surface area contributed by atoms with Crippen LogP contribution < -0.4 is 14.8 Å². The molecule has 2 rings (SSSR count). The van der Waals surface area contributed by atoms with Gasteiger partial charge < -0.3 is 14.2 Å². The largest absolute Gasteiger partial charge is 0.492 e. The van der Waals surface area contributed by atoms with Crippen LogP contribution in [0.4, 0.5) is 4.39 Å². The first kappa shape index (κ1) is 18.7. The van der Waals surface area contributed by atoms with E-state index < -0.39 is 11.5 Å². The molecule has 134 valence electrons. The molecule has 1 unspecified atom stereocenters. The number of esters is 1. The highest BCUT2D eigenvalue weighted by Crippen LogP contribution is 2.14. The number of methoxy groups -OCH3 is 1. The maximum Gasteiger partial charge on any atom is 0.329 e. The molecule has 1 N–H and O–H groups in total. The molecule has 0 heterocycles. The van der Waals surface area contributed by atoms with Crippen LogP contribution in [-0.2, 0) is 9.53 Å². The molecule has 0 amide bonds. The first-order chi connectivity index (χ1) is 12.0. The van der Waals surface area contributed by atoms with E-state index in [-0.39, 0.29) is 19.0 Å². The molecule has 0 aliphatic rings. The maximum atomic E-state index is 13.1. The predicted octanol–water partition coefficient (Wildman–Crippen LogP) is 2.80. The number of carbonyl (C=O) groups is 1. The second-order valence-electron chi connectivity index (χ2n) is 5.66. The van der Waals surface area contributed by atoms with Gasteiger partial charge in [0, 0.05) is 12.6 Å². The zero-order chi connectivity index (χ0) is 18.1. The Bertz CT molecular complexity index is 680. The third-order valence-electron chi connectivity index (χ3n) is 3.59. The van der Waals surface area contributed by atoms with Gasteiger partial charge in [0.25, 0.3) is 0 Å². The number of ether oxygens (including phenoxy) is 3. The number of rotatable bonds is 9. The van der Waals surface area contributed by atoms with E-state index in [1.54, 1.807) is 19.1 Å². The molecular formula is C19H22FNO4. The standard InChI is InChI=1S/C19H22FNO4/c1-19(18(22)23-2,14-25-16-8-4-3-5-9-16)21-11-12-24-17-10-6-7-15(20)13-17/h3-10,13,21H,11-12,14H2,1-2H3. The fraction of sp³-hybridized carbons (Fsp3) is 0.316. The van der Waals surface area contributed by atoms with Gasteiger partial charge in [-0.25, -0.2) is 9.18 Å². The third kappa shape index (κ3) is 5.76. The number of para-hydroxylation sites is 1. The topological polar surface area (TPSA) is 56.8 Å². The lowest BCUT2D eigenvalue weighted by Gasteiger charge is -2.28. The number of benzene rings is 2. The molecule has 2 aromatic rings. The Morgan fingerprint density at radius 2 is 1.80 bits per heavy atom. The minimum atomic E-state index is -1.03. The molecule has 0 saturated carbocycles. The van der Waals surface area contributed by atoms with Crippen molar-refractivity contribution >= 4 is 5.97 Å². The molecule has 0 saturated heterocycles. The molecule has 0 bridgehead atoms. The summed E-state index contributed by atoms with van der Waals surface area (Å²) in [5, 5.41) is 3.08. The third-order valence-corrected chi connectivity index (χ3v) is 3.59. The average Bonchev–Trinajstić information content (AvgIpc) is 2.64. The van der Waals surface area contributed by atoms with Gasteiger partial charge in [0.1, 0.15) is 36.1 Å². The monoisotopic (exact) mass is 347 g/mol. The van der Waals surface area contributed by atoms with E-state index in [2.05, 4.69) is 5.32 Å². The number of nitrogens with one attached hydrogen (secondary N) is 1. The Kier molecular flexibility index (Phi) is 6.77. The van der Waals surface area contributed by atoms with Gasteiger partial charge in [0.2, 0.25) is 0 Å². The molecule has 0 fully saturated rings. The summed E-state index contributed by atoms with van der Waals surface area (Å²) in [6.07, 6.45) is 0. The molecule has 2 aromatic carbocycles. The second-order valence-corrected chi connectivity index (χ2v) is 5.66. The van der Waals surface area contributed by atoms with Crippen molar-refractivity contribution in [1.82, 2.24) is 5.32 Å². The van der Waals surface area contributed by atoms with Gasteiger partial charge in [-0.1, -0.05) is 24.3 Å². The zero-order valence-electron chi connectivity index (χ0n) is 14.3. The maximum absolute atomic E-state index is 13.1. The summed E-state index contributed by atoms with van der Waals surface area (Å²) in [6, 6.07) is 15.1. The molecule has 0 radical (unpaired) electrons. The molecule has 0 spiro atoms. The van der Waals surface area contributed by atoms with E-state index in [9.17, 15) is 9.18 Å². The summed E-state index contributed by atoms with van der Waals surface area (Å²) in [6.45, 7) is 2.43. The zero-order valence-corrected chi connectivity index (χ0v) is 14.3. The number of hydrogen-bond donors (Lipinski definition) is 1. The van der Waals surface area contributed by atoms with Crippen LogP contribution in [0.5, 0.6) is 11.5 Å². The van der Waals surface area contributed by atoms with E-state index in [1.165, 1.54) is 19.2 Å². The van der Waals surface area contributed by atoms with Crippen molar-refractivity contribution in [2.75, 3.05) is 26.9 Å². The van der Waals surface area contributed by atoms with Gasteiger partial charge in [0.15, 0.2) is 0 Å². The summed E-state index contributed by atoms with van der Waals surface area (Å²) in [4.78, 5) is 12.1. The van der Waals surface area contributed by atoms with Crippen LogP contribution in [0.2, 0.25) is 0 Å². The van der Waals surface area contributed by atoms with Gasteiger partial charge in [0.05, 0.1) is 7.11 Å². The summed E-state index contributed by atoms with van der Waals surface area (Å²) < 4.78 is 29.1. The summed E-state index contributed by atoms with van der Waals surface area (Å²) in [5.74, 6) is 0.299. The van der Waals surface area contributed by atoms with E-state index >= 15 is 0 Å². The van der Waals surface area contributed by atoms with Crippen molar-refractivity contribution in [3.05, 3.63) is 60.4 Å². The fourth-order valence-electron chi connectivity index (χ4n) is 2.20. The summed E-state index contributed by atoms with van der Waals surface area (Å²) in [5.41, 5.74) is -1.03. The number of hydrogen-bond acceptors (Lipinski definition) is 5. The van der Waals surface area contributed by atoms with Crippen LogP contribution in [0.1, 0.15) is 6.92 Å². The van der Waals surface area contributed by atoms with Crippen LogP contribution in [0.15, 0.2) is 54.6 Å². The first-order valence-electron chi connectivity index (χ1n) is 7.93. The molecule has 0 aliphatic carbocycles. The highest BCUT2D eigenvalue weighted by atomic mass is 19.1. The van der Waals surface area contributed by atoms with E-state index in [4.69, 9.17) is 14.2 Å². The minimum absolute atomic E-state index is 0.101. The van der Waals surface area contributed by atoms with Crippen LogP contribution in [0.3, 0.4) is 0 Å². The van der Waals surface area contributed by atoms with E-state index in [0.29, 0.717) is 18.0 Å². The Morgan fingerprint density at radius 1 is 1.08 bits per heavy atom. The highest BCUT2D eigenvalue weighted by Gasteiger charge is 2.35. The lowest BCUT2D eigenvalue weighted by molar-refractivity contribution is -0.149. The Hall–Kier alpha value is -2.60. The molecular weight excluding hydrogens is 325 g/mol. The molecule has 6 heteroatoms. The lowest BCUT2D eigenvalue weighted by atomic mass is 10.0. The Morgan fingerprint density at radius 3 is 2.48 bits per heavy atom. The molecule has 1 atom stereocenters. The smallest absolute Gasteiger partial charge is 0.329 e. The molecule has 0 aliphatic heterocycles. The van der Waals surface area contributed by atoms with Crippen molar-refractivity contribution in [3.63, 3.8) is 0 Å². The van der Waals surface area contributed by atoms with Crippen molar-refractivity contribution in [3.8, 4) is 11.5 Å². The van der Waals surface area contributed by atoms with Gasteiger partial charge in [-0.3, -0.25) is 5.32 Å². The Labute approximate surface area is 146 Å². The van der Waals surface area contributed by atoms with Crippen LogP contribution in [0, 0.1) is 5.82 Å². The first-order valence-corrected chi connectivity index (χ1v) is 7.93. The lowest BCUT2D eigenvalue weighted by Crippen LogP contribution is -2.55. The van der Waals surface area contributed by atoms with E-state index in [1.807, 2.05) is 30.3 Å². The number of carbonyl (C=O) groups excluding carboxylic acids is 1. The predicted molar refractivity (Wildman–Crippen MR) is 92.3 cm³/mol. The van der Waals surface area contributed by atoms with Gasteiger partial charge in [-0.05, 0) is 31.2 Å². The number of halogens is 1. The molecule has 0 aromatic heterocycles. The molecule has 5 nitrogen and oxygen atoms in total. The quantitative estimate of drug-likeness (QED) is 0.558. The average molecular weight is 347 g/mol. The SMILES string of the molecule is COC(=O)C(C)(COc1ccccc1)NCCOc1cccc(F)c1. The van der Waals surface area contributed by atoms with Crippen LogP contribution >= 0.6 is 0 Å². The van der Waals surface area contributed by atoms with Crippen molar-refractivity contribution in [2.45, 2.75) is 12.5 Å². The van der Waals surface area contributed by atoms with Crippen molar-refractivity contribution in [1.29, 1.82) is 0 Å². The van der Waals surface area contributed by atoms with Gasteiger partial charge in [-0.2, -0.15) is 0 Å². The van der Waals surface area contributed by atoms with Gasteiger partial charge >= 0.3 is 5.97 Å². The highest BCUT2D eigenvalue weighted by molar-refractivity contribution is 5.80. The van der Waals surface area contributed by atoms with Crippen molar-refractivity contribution in [2.24, 2.45) is 0 Å². The van der Waals surface area contributed by atoms with Crippen LogP contribution in [0.25, 0.3) is 0 Å². The minimum Gasteiger partial charge on any atom is -0.492 e. The van der Waals surface area contributed by atoms with Gasteiger partial charge in [-0.15, -0.1) is 0 Å². The van der Waals surface area contributed by atoms with Crippen molar-refractivity contribution < 1.29 is 23.4 Å². The summed E-state index contributed by atoms with van der Waals surface area (Å²) >= 11 is 0. The van der Waals surface area contributed by atoms with Crippen LogP contribution in [-0.4, -0.2) is 38.4 Å². The fourth-order valence-corrected chi connectivity index (χ4v) is 2.20.